The molecule has 2 aromatic carbocycles. The molecule has 1 aliphatic rings. The van der Waals surface area contributed by atoms with Crippen molar-refractivity contribution in [3.8, 4) is 17.2 Å². The first-order chi connectivity index (χ1) is 19.7. The summed E-state index contributed by atoms with van der Waals surface area (Å²) < 4.78 is 17.8. The topological polar surface area (TPSA) is 137 Å². The van der Waals surface area contributed by atoms with Crippen molar-refractivity contribution in [2.24, 2.45) is 10.7 Å². The number of likely N-dealkylation sites (tertiary alicyclic amines) is 1. The predicted octanol–water partition coefficient (Wildman–Crippen LogP) is 5.88. The molecule has 1 atom stereocenters. The van der Waals surface area contributed by atoms with Crippen LogP contribution in [0.5, 0.6) is 17.2 Å². The second kappa shape index (κ2) is 11.7. The summed E-state index contributed by atoms with van der Waals surface area (Å²) in [5.74, 6) is 3.10. The van der Waals surface area contributed by atoms with E-state index in [1.54, 1.807) is 23.2 Å². The van der Waals surface area contributed by atoms with Gasteiger partial charge in [0.05, 0.1) is 18.4 Å². The largest absolute Gasteiger partial charge is 0.488 e. The highest BCUT2D eigenvalue weighted by atomic mass is 16.6. The first kappa shape index (κ1) is 27.6. The minimum absolute atomic E-state index is 0.130. The van der Waals surface area contributed by atoms with Crippen molar-refractivity contribution in [2.45, 2.75) is 45.8 Å². The molecule has 3 heterocycles. The molecule has 4 aromatic rings. The zero-order chi connectivity index (χ0) is 29.0. The molecule has 212 valence electrons. The number of nitrogens with two attached hydrogens (primary N) is 1. The number of amides is 1. The van der Waals surface area contributed by atoms with E-state index >= 15 is 0 Å². The Hall–Kier alpha value is -4.93. The van der Waals surface area contributed by atoms with Gasteiger partial charge in [-0.3, -0.25) is 0 Å². The number of aliphatic imine (C=N–C) groups is 1. The summed E-state index contributed by atoms with van der Waals surface area (Å²) >= 11 is 0. The van der Waals surface area contributed by atoms with Crippen molar-refractivity contribution in [1.29, 1.82) is 0 Å². The Morgan fingerprint density at radius 1 is 1.10 bits per heavy atom. The summed E-state index contributed by atoms with van der Waals surface area (Å²) in [5, 5.41) is 4.21. The Bertz CT molecular complexity index is 1590. The molecule has 3 N–H and O–H groups in total. The van der Waals surface area contributed by atoms with E-state index in [-0.39, 0.29) is 12.2 Å². The average Bonchev–Trinajstić information content (AvgIpc) is 3.39. The van der Waals surface area contributed by atoms with Gasteiger partial charge in [0.25, 0.3) is 0 Å². The maximum absolute atomic E-state index is 12.4. The van der Waals surface area contributed by atoms with E-state index in [2.05, 4.69) is 25.3 Å². The van der Waals surface area contributed by atoms with Gasteiger partial charge in [0.15, 0.2) is 5.82 Å². The third-order valence-corrected chi connectivity index (χ3v) is 6.30. The van der Waals surface area contributed by atoms with Crippen LogP contribution in [0.4, 0.5) is 22.1 Å². The van der Waals surface area contributed by atoms with E-state index in [9.17, 15) is 4.79 Å². The van der Waals surface area contributed by atoms with Gasteiger partial charge in [-0.2, -0.15) is 0 Å². The van der Waals surface area contributed by atoms with E-state index in [1.807, 2.05) is 64.1 Å². The number of aryl methyl sites for hydroxylation is 1. The first-order valence-electron chi connectivity index (χ1n) is 13.3. The number of pyridine rings is 1. The fourth-order valence-electron chi connectivity index (χ4n) is 4.43. The Balaban J connectivity index is 1.28. The lowest BCUT2D eigenvalue weighted by Crippen LogP contribution is -2.36. The van der Waals surface area contributed by atoms with E-state index < -0.39 is 5.60 Å². The van der Waals surface area contributed by atoms with Gasteiger partial charge in [-0.1, -0.05) is 0 Å². The number of ether oxygens (including phenoxy) is 3. The normalized spacial score (nSPS) is 15.3. The molecular formula is C30H33N7O4. The Labute approximate surface area is 238 Å². The maximum Gasteiger partial charge on any atom is 0.410 e. The van der Waals surface area contributed by atoms with Gasteiger partial charge in [-0.25, -0.2) is 24.7 Å². The fraction of sp³-hybridized carbons (Fsp3) is 0.300. The molecule has 0 spiro atoms. The van der Waals surface area contributed by atoms with E-state index in [4.69, 9.17) is 19.9 Å². The van der Waals surface area contributed by atoms with E-state index in [0.29, 0.717) is 42.0 Å². The number of benzene rings is 2. The van der Waals surface area contributed by atoms with Crippen molar-refractivity contribution < 1.29 is 19.0 Å². The lowest BCUT2D eigenvalue weighted by atomic mass is 10.2. The Morgan fingerprint density at radius 3 is 2.73 bits per heavy atom. The molecule has 1 amide bonds. The highest BCUT2D eigenvalue weighted by molar-refractivity contribution is 5.91. The number of nitrogens with zero attached hydrogens (tertiary/aromatic N) is 5. The predicted molar refractivity (Wildman–Crippen MR) is 157 cm³/mol. The molecule has 11 nitrogen and oxygen atoms in total. The lowest BCUT2D eigenvalue weighted by Gasteiger charge is -2.24. The van der Waals surface area contributed by atoms with Gasteiger partial charge in [0.1, 0.15) is 41.1 Å². The van der Waals surface area contributed by atoms with E-state index in [1.165, 1.54) is 12.7 Å². The molecule has 0 aliphatic carbocycles. The van der Waals surface area contributed by atoms with Gasteiger partial charge in [-0.05, 0) is 75.7 Å². The summed E-state index contributed by atoms with van der Waals surface area (Å²) in [6.45, 7) is 8.61. The van der Waals surface area contributed by atoms with Crippen LogP contribution in [0.3, 0.4) is 0 Å². The smallest absolute Gasteiger partial charge is 0.410 e. The summed E-state index contributed by atoms with van der Waals surface area (Å²) in [5.41, 5.74) is 7.38. The molecule has 2 aromatic heterocycles. The molecule has 11 heteroatoms. The highest BCUT2D eigenvalue weighted by Gasteiger charge is 2.31. The van der Waals surface area contributed by atoms with Crippen molar-refractivity contribution in [1.82, 2.24) is 19.9 Å². The number of fused-ring (bicyclic) bond motifs is 1. The number of hydrogen-bond donors (Lipinski definition) is 2. The van der Waals surface area contributed by atoms with Gasteiger partial charge >= 0.3 is 6.09 Å². The molecule has 0 saturated carbocycles. The molecular weight excluding hydrogens is 522 g/mol. The summed E-state index contributed by atoms with van der Waals surface area (Å²) in [6, 6.07) is 15.0. The van der Waals surface area contributed by atoms with Crippen LogP contribution in [0.15, 0.2) is 66.0 Å². The zero-order valence-electron chi connectivity index (χ0n) is 23.5. The minimum Gasteiger partial charge on any atom is -0.488 e. The van der Waals surface area contributed by atoms with Crippen LogP contribution in [0.2, 0.25) is 0 Å². The highest BCUT2D eigenvalue weighted by Crippen LogP contribution is 2.32. The molecule has 1 saturated heterocycles. The molecule has 1 unspecified atom stereocenters. The number of hydrogen-bond acceptors (Lipinski definition) is 9. The molecule has 41 heavy (non-hydrogen) atoms. The van der Waals surface area contributed by atoms with Crippen LogP contribution in [-0.4, -0.2) is 57.1 Å². The van der Waals surface area contributed by atoms with Crippen LogP contribution in [-0.2, 0) is 4.74 Å². The van der Waals surface area contributed by atoms with Crippen molar-refractivity contribution >= 4 is 40.7 Å². The molecule has 5 rings (SSSR count). The van der Waals surface area contributed by atoms with Crippen molar-refractivity contribution in [3.05, 3.63) is 66.6 Å². The molecule has 0 radical (unpaired) electrons. The Kier molecular flexibility index (Phi) is 7.86. The second-order valence-electron chi connectivity index (χ2n) is 10.7. The number of anilines is 2. The third-order valence-electron chi connectivity index (χ3n) is 6.30. The summed E-state index contributed by atoms with van der Waals surface area (Å²) in [6.07, 6.45) is 4.61. The van der Waals surface area contributed by atoms with Crippen LogP contribution >= 0.6 is 0 Å². The SMILES string of the molecule is Cc1cc(Nc2ncnc3ccc(OC4CCN(C(=O)OC(C)(C)C)C4)cc23)ccc1Oc1ccnc(N=CN)c1. The molecule has 0 bridgehead atoms. The molecule has 1 aliphatic heterocycles. The molecule has 1 fully saturated rings. The van der Waals surface area contributed by atoms with Crippen LogP contribution in [0.1, 0.15) is 32.8 Å². The number of rotatable bonds is 7. The average molecular weight is 556 g/mol. The van der Waals surface area contributed by atoms with Crippen LogP contribution in [0.25, 0.3) is 10.9 Å². The number of carbonyl (C=O) groups is 1. The van der Waals surface area contributed by atoms with Gasteiger partial charge in [0.2, 0.25) is 0 Å². The summed E-state index contributed by atoms with van der Waals surface area (Å²) in [7, 11) is 0. The minimum atomic E-state index is -0.534. The fourth-order valence-corrected chi connectivity index (χ4v) is 4.43. The monoisotopic (exact) mass is 555 g/mol. The zero-order valence-corrected chi connectivity index (χ0v) is 23.5. The van der Waals surface area contributed by atoms with Gasteiger partial charge in [0, 0.05) is 36.3 Å². The van der Waals surface area contributed by atoms with Crippen LogP contribution in [0, 0.1) is 6.92 Å². The third kappa shape index (κ3) is 6.99. The van der Waals surface area contributed by atoms with E-state index in [0.717, 1.165) is 28.6 Å². The van der Waals surface area contributed by atoms with Crippen molar-refractivity contribution in [2.75, 3.05) is 18.4 Å². The Morgan fingerprint density at radius 2 is 1.95 bits per heavy atom. The van der Waals surface area contributed by atoms with Crippen molar-refractivity contribution in [3.63, 3.8) is 0 Å². The number of aromatic nitrogens is 3. The maximum atomic E-state index is 12.4. The van der Waals surface area contributed by atoms with Gasteiger partial charge < -0.3 is 30.2 Å². The first-order valence-corrected chi connectivity index (χ1v) is 13.3. The lowest BCUT2D eigenvalue weighted by molar-refractivity contribution is 0.0275. The standard InChI is InChI=1S/C30H33N7O4/c1-19-13-20(5-8-26(19)40-22-9-11-32-27(15-22)33-17-31)36-28-24-14-21(6-7-25(24)34-18-35-28)39-23-10-12-37(16-23)29(38)41-30(2,3)4/h5-9,11,13-15,17-18,23H,10,12,16H2,1-4H3,(H2,31,32,33)(H,34,35,36). The number of carbonyl (C=O) groups excluding carboxylic acids is 1. The number of nitrogens with one attached hydrogen (secondary N) is 1. The quantitative estimate of drug-likeness (QED) is 0.212. The van der Waals surface area contributed by atoms with Crippen LogP contribution < -0.4 is 20.5 Å². The van der Waals surface area contributed by atoms with Gasteiger partial charge in [-0.15, -0.1) is 0 Å². The summed E-state index contributed by atoms with van der Waals surface area (Å²) in [4.78, 5) is 31.1. The second-order valence-corrected chi connectivity index (χ2v) is 10.7.